The number of methoxy groups -OCH3 is 1. The molecule has 0 saturated carbocycles. The number of benzene rings is 2. The Kier molecular flexibility index (Phi) is 6.54. The molecule has 2 N–H and O–H groups in total. The molecule has 0 aliphatic rings. The predicted octanol–water partition coefficient (Wildman–Crippen LogP) is 1.95. The molecule has 0 bridgehead atoms. The summed E-state index contributed by atoms with van der Waals surface area (Å²) in [5, 5.41) is 13.1. The van der Waals surface area contributed by atoms with E-state index in [1.54, 1.807) is 0 Å². The van der Waals surface area contributed by atoms with Gasteiger partial charge in [0.2, 0.25) is 0 Å². The molecule has 148 valence electrons. The smallest absolute Gasteiger partial charge is 0.325 e. The number of rotatable bonds is 7. The van der Waals surface area contributed by atoms with Crippen molar-refractivity contribution in [1.29, 1.82) is 0 Å². The Hall–Kier alpha value is -3.18. The number of hydrogen-bond acceptors (Lipinski definition) is 7. The maximum absolute atomic E-state index is 12.4. The Balaban J connectivity index is 2.15. The number of sulfonamides is 1. The second kappa shape index (κ2) is 8.67. The molecule has 0 atom stereocenters. The van der Waals surface area contributed by atoms with Crippen molar-refractivity contribution >= 4 is 44.9 Å². The molecule has 0 radical (unpaired) electrons. The third-order valence-electron chi connectivity index (χ3n) is 3.44. The lowest BCUT2D eigenvalue weighted by Gasteiger charge is -2.09. The van der Waals surface area contributed by atoms with Crippen LogP contribution in [0, 0.1) is 10.1 Å². The van der Waals surface area contributed by atoms with Crippen molar-refractivity contribution < 1.29 is 27.7 Å². The first-order chi connectivity index (χ1) is 13.1. The molecule has 0 aliphatic heterocycles. The molecule has 2 aromatic rings. The van der Waals surface area contributed by atoms with Gasteiger partial charge >= 0.3 is 5.97 Å². The number of carbonyl (C=O) groups excluding carboxylic acids is 2. The summed E-state index contributed by atoms with van der Waals surface area (Å²) >= 11 is 5.68. The van der Waals surface area contributed by atoms with E-state index in [1.165, 1.54) is 31.4 Å². The van der Waals surface area contributed by atoms with Crippen LogP contribution in [0.2, 0.25) is 5.02 Å². The summed E-state index contributed by atoms with van der Waals surface area (Å²) < 4.78 is 31.5. The minimum atomic E-state index is -4.12. The Bertz CT molecular complexity index is 1020. The molecule has 28 heavy (non-hydrogen) atoms. The first-order valence-corrected chi connectivity index (χ1v) is 9.42. The quantitative estimate of drug-likeness (QED) is 0.390. The van der Waals surface area contributed by atoms with Crippen LogP contribution in [0.1, 0.15) is 10.4 Å². The van der Waals surface area contributed by atoms with E-state index in [4.69, 9.17) is 11.6 Å². The Morgan fingerprint density at radius 2 is 1.82 bits per heavy atom. The second-order valence-electron chi connectivity index (χ2n) is 5.31. The summed E-state index contributed by atoms with van der Waals surface area (Å²) in [6.45, 7) is -0.306. The third kappa shape index (κ3) is 5.18. The molecule has 0 aromatic heterocycles. The van der Waals surface area contributed by atoms with Gasteiger partial charge in [-0.3, -0.25) is 24.4 Å². The highest BCUT2D eigenvalue weighted by molar-refractivity contribution is 7.92. The van der Waals surface area contributed by atoms with Crippen LogP contribution in [-0.2, 0) is 19.6 Å². The first-order valence-electron chi connectivity index (χ1n) is 7.56. The zero-order valence-electron chi connectivity index (χ0n) is 14.3. The summed E-state index contributed by atoms with van der Waals surface area (Å²) in [6.07, 6.45) is 0. The molecule has 0 saturated heterocycles. The molecule has 12 heteroatoms. The SMILES string of the molecule is COC(=O)CNC(=O)c1ccc(NS(=O)(=O)c2ccc(Cl)c([N+](=O)[O-])c2)cc1. The van der Waals surface area contributed by atoms with E-state index in [2.05, 4.69) is 14.8 Å². The number of esters is 1. The third-order valence-corrected chi connectivity index (χ3v) is 5.14. The van der Waals surface area contributed by atoms with Gasteiger partial charge in [-0.15, -0.1) is 0 Å². The normalized spacial score (nSPS) is 10.8. The highest BCUT2D eigenvalue weighted by atomic mass is 35.5. The van der Waals surface area contributed by atoms with Gasteiger partial charge in [-0.05, 0) is 36.4 Å². The van der Waals surface area contributed by atoms with E-state index >= 15 is 0 Å². The van der Waals surface area contributed by atoms with Crippen LogP contribution >= 0.6 is 11.6 Å². The Labute approximate surface area is 164 Å². The number of nitrogens with zero attached hydrogens (tertiary/aromatic N) is 1. The fourth-order valence-corrected chi connectivity index (χ4v) is 3.29. The minimum Gasteiger partial charge on any atom is -0.468 e. The zero-order valence-corrected chi connectivity index (χ0v) is 15.9. The largest absolute Gasteiger partial charge is 0.468 e. The van der Waals surface area contributed by atoms with Crippen molar-refractivity contribution in [3.05, 3.63) is 63.2 Å². The van der Waals surface area contributed by atoms with Crippen molar-refractivity contribution in [2.45, 2.75) is 4.90 Å². The Morgan fingerprint density at radius 1 is 1.18 bits per heavy atom. The molecule has 10 nitrogen and oxygen atoms in total. The topological polar surface area (TPSA) is 145 Å². The number of ether oxygens (including phenoxy) is 1. The number of nitro benzene ring substituents is 1. The minimum absolute atomic E-state index is 0.127. The number of carbonyl (C=O) groups is 2. The van der Waals surface area contributed by atoms with Gasteiger partial charge in [0.25, 0.3) is 21.6 Å². The van der Waals surface area contributed by atoms with Crippen LogP contribution < -0.4 is 10.0 Å². The van der Waals surface area contributed by atoms with Crippen molar-refractivity contribution in [1.82, 2.24) is 5.32 Å². The van der Waals surface area contributed by atoms with E-state index in [-0.39, 0.29) is 27.7 Å². The zero-order chi connectivity index (χ0) is 20.9. The lowest BCUT2D eigenvalue weighted by Crippen LogP contribution is -2.30. The summed E-state index contributed by atoms with van der Waals surface area (Å²) in [6, 6.07) is 8.43. The van der Waals surface area contributed by atoms with Crippen LogP contribution in [0.4, 0.5) is 11.4 Å². The molecule has 1 amide bonds. The van der Waals surface area contributed by atoms with Gasteiger partial charge < -0.3 is 10.1 Å². The van der Waals surface area contributed by atoms with Crippen molar-refractivity contribution in [2.24, 2.45) is 0 Å². The molecular formula is C16H14ClN3O7S. The van der Waals surface area contributed by atoms with Crippen molar-refractivity contribution in [2.75, 3.05) is 18.4 Å². The molecule has 0 heterocycles. The maximum atomic E-state index is 12.4. The van der Waals surface area contributed by atoms with Crippen LogP contribution in [0.25, 0.3) is 0 Å². The van der Waals surface area contributed by atoms with Crippen molar-refractivity contribution in [3.63, 3.8) is 0 Å². The van der Waals surface area contributed by atoms with E-state index < -0.39 is 32.5 Å². The molecule has 0 unspecified atom stereocenters. The van der Waals surface area contributed by atoms with Crippen LogP contribution in [0.3, 0.4) is 0 Å². The lowest BCUT2D eigenvalue weighted by atomic mass is 10.2. The second-order valence-corrected chi connectivity index (χ2v) is 7.40. The van der Waals surface area contributed by atoms with Gasteiger partial charge in [-0.25, -0.2) is 8.42 Å². The number of nitrogens with one attached hydrogen (secondary N) is 2. The number of hydrogen-bond donors (Lipinski definition) is 2. The number of nitro groups is 1. The fraction of sp³-hybridized carbons (Fsp3) is 0.125. The molecule has 0 aliphatic carbocycles. The summed E-state index contributed by atoms with van der Waals surface area (Å²) in [7, 11) is -2.93. The first kappa shape index (κ1) is 21.1. The number of amides is 1. The van der Waals surface area contributed by atoms with Crippen LogP contribution in [0.5, 0.6) is 0 Å². The number of anilines is 1. The molecule has 2 aromatic carbocycles. The van der Waals surface area contributed by atoms with Crippen molar-refractivity contribution in [3.8, 4) is 0 Å². The van der Waals surface area contributed by atoms with Crippen LogP contribution in [0.15, 0.2) is 47.4 Å². The van der Waals surface area contributed by atoms with Gasteiger partial charge in [0.1, 0.15) is 11.6 Å². The van der Waals surface area contributed by atoms with Crippen LogP contribution in [-0.4, -0.2) is 38.9 Å². The van der Waals surface area contributed by atoms with E-state index in [9.17, 15) is 28.1 Å². The van der Waals surface area contributed by atoms with E-state index in [0.717, 1.165) is 18.2 Å². The van der Waals surface area contributed by atoms with Gasteiger partial charge in [-0.2, -0.15) is 0 Å². The van der Waals surface area contributed by atoms with Gasteiger partial charge in [-0.1, -0.05) is 11.6 Å². The van der Waals surface area contributed by atoms with Gasteiger partial charge in [0, 0.05) is 17.3 Å². The predicted molar refractivity (Wildman–Crippen MR) is 99.7 cm³/mol. The summed E-state index contributed by atoms with van der Waals surface area (Å²) in [5.41, 5.74) is -0.224. The van der Waals surface area contributed by atoms with E-state index in [0.29, 0.717) is 0 Å². The monoisotopic (exact) mass is 427 g/mol. The van der Waals surface area contributed by atoms with Gasteiger partial charge in [0.15, 0.2) is 0 Å². The summed E-state index contributed by atoms with van der Waals surface area (Å²) in [5.74, 6) is -1.16. The highest BCUT2D eigenvalue weighted by Crippen LogP contribution is 2.28. The highest BCUT2D eigenvalue weighted by Gasteiger charge is 2.21. The average Bonchev–Trinajstić information content (AvgIpc) is 2.66. The number of halogens is 1. The fourth-order valence-electron chi connectivity index (χ4n) is 2.03. The molecule has 0 fully saturated rings. The molecule has 0 spiro atoms. The standard InChI is InChI=1S/C16H14ClN3O7S/c1-27-15(21)9-18-16(22)10-2-4-11(5-3-10)19-28(25,26)12-6-7-13(17)14(8-12)20(23)24/h2-8,19H,9H2,1H3,(H,18,22). The Morgan fingerprint density at radius 3 is 2.39 bits per heavy atom. The van der Waals surface area contributed by atoms with Gasteiger partial charge in [0.05, 0.1) is 16.9 Å². The maximum Gasteiger partial charge on any atom is 0.325 e. The average molecular weight is 428 g/mol. The molecule has 2 rings (SSSR count). The molecular weight excluding hydrogens is 414 g/mol. The lowest BCUT2D eigenvalue weighted by molar-refractivity contribution is -0.384. The summed E-state index contributed by atoms with van der Waals surface area (Å²) in [4.78, 5) is 32.7. The van der Waals surface area contributed by atoms with E-state index in [1.807, 2.05) is 0 Å².